The van der Waals surface area contributed by atoms with E-state index in [0.717, 1.165) is 12.1 Å². The lowest BCUT2D eigenvalue weighted by molar-refractivity contribution is 0.102. The molecule has 2 rings (SSSR count). The molecule has 0 unspecified atom stereocenters. The minimum atomic E-state index is -0.286. The minimum absolute atomic E-state index is 0.286. The lowest BCUT2D eigenvalue weighted by Gasteiger charge is -2.11. The summed E-state index contributed by atoms with van der Waals surface area (Å²) >= 11 is 12.3. The summed E-state index contributed by atoms with van der Waals surface area (Å²) in [6.07, 6.45) is 1.58. The van der Waals surface area contributed by atoms with E-state index in [2.05, 4.69) is 15.6 Å². The Hall–Kier alpha value is -1.78. The van der Waals surface area contributed by atoms with Crippen molar-refractivity contribution in [2.24, 2.45) is 0 Å². The molecule has 2 aromatic rings. The van der Waals surface area contributed by atoms with Gasteiger partial charge >= 0.3 is 0 Å². The lowest BCUT2D eigenvalue weighted by atomic mass is 10.2. The Labute approximate surface area is 133 Å². The number of halogens is 2. The molecule has 0 spiro atoms. The zero-order valence-corrected chi connectivity index (χ0v) is 13.2. The molecule has 1 aromatic carbocycles. The number of aryl methyl sites for hydroxylation is 1. The SMILES string of the molecule is CCNc1cc(C(=O)Nc2c(Cl)ccc(C)c2Cl)ccn1. The van der Waals surface area contributed by atoms with E-state index in [0.29, 0.717) is 27.1 Å². The molecule has 21 heavy (non-hydrogen) atoms. The first-order valence-corrected chi connectivity index (χ1v) is 7.24. The number of pyridine rings is 1. The van der Waals surface area contributed by atoms with Crippen LogP contribution in [0.1, 0.15) is 22.8 Å². The van der Waals surface area contributed by atoms with Crippen LogP contribution in [0.25, 0.3) is 0 Å². The van der Waals surface area contributed by atoms with Crippen molar-refractivity contribution < 1.29 is 4.79 Å². The number of nitrogens with zero attached hydrogens (tertiary/aromatic N) is 1. The first-order valence-electron chi connectivity index (χ1n) is 6.48. The normalized spacial score (nSPS) is 10.3. The molecule has 0 saturated heterocycles. The molecule has 0 aliphatic rings. The second-order valence-corrected chi connectivity index (χ2v) is 5.25. The fraction of sp³-hybridized carbons (Fsp3) is 0.200. The standard InChI is InChI=1S/C15H15Cl2N3O/c1-3-18-12-8-10(6-7-19-12)15(21)20-14-11(16)5-4-9(2)13(14)17/h4-8H,3H2,1-2H3,(H,18,19)(H,20,21). The molecule has 6 heteroatoms. The molecule has 4 nitrogen and oxygen atoms in total. The fourth-order valence-electron chi connectivity index (χ4n) is 1.81. The highest BCUT2D eigenvalue weighted by Crippen LogP contribution is 2.33. The van der Waals surface area contributed by atoms with Gasteiger partial charge in [0.15, 0.2) is 0 Å². The van der Waals surface area contributed by atoms with E-state index < -0.39 is 0 Å². The van der Waals surface area contributed by atoms with Crippen LogP contribution in [-0.2, 0) is 0 Å². The zero-order valence-electron chi connectivity index (χ0n) is 11.7. The highest BCUT2D eigenvalue weighted by Gasteiger charge is 2.13. The van der Waals surface area contributed by atoms with E-state index in [1.54, 1.807) is 30.5 Å². The van der Waals surface area contributed by atoms with Crippen molar-refractivity contribution in [3.05, 3.63) is 51.6 Å². The zero-order chi connectivity index (χ0) is 15.4. The maximum atomic E-state index is 12.3. The predicted octanol–water partition coefficient (Wildman–Crippen LogP) is 4.38. The van der Waals surface area contributed by atoms with Crippen LogP contribution in [0.5, 0.6) is 0 Å². The van der Waals surface area contributed by atoms with Crippen LogP contribution in [0.4, 0.5) is 11.5 Å². The Bertz CT molecular complexity index is 674. The van der Waals surface area contributed by atoms with E-state index >= 15 is 0 Å². The van der Waals surface area contributed by atoms with Gasteiger partial charge in [0.1, 0.15) is 5.82 Å². The number of hydrogen-bond acceptors (Lipinski definition) is 3. The molecular weight excluding hydrogens is 309 g/mol. The number of aromatic nitrogens is 1. The molecule has 0 bridgehead atoms. The number of nitrogens with one attached hydrogen (secondary N) is 2. The van der Waals surface area contributed by atoms with Crippen LogP contribution in [-0.4, -0.2) is 17.4 Å². The average Bonchev–Trinajstić information content (AvgIpc) is 2.48. The Morgan fingerprint density at radius 3 is 2.76 bits per heavy atom. The van der Waals surface area contributed by atoms with Crippen molar-refractivity contribution in [3.8, 4) is 0 Å². The number of hydrogen-bond donors (Lipinski definition) is 2. The van der Waals surface area contributed by atoms with Gasteiger partial charge in [0.25, 0.3) is 5.91 Å². The first-order chi connectivity index (χ1) is 10.0. The Morgan fingerprint density at radius 1 is 1.29 bits per heavy atom. The van der Waals surface area contributed by atoms with Gasteiger partial charge in [0.05, 0.1) is 15.7 Å². The largest absolute Gasteiger partial charge is 0.370 e. The lowest BCUT2D eigenvalue weighted by Crippen LogP contribution is -2.13. The van der Waals surface area contributed by atoms with Crippen molar-refractivity contribution in [1.82, 2.24) is 4.98 Å². The maximum absolute atomic E-state index is 12.3. The number of rotatable bonds is 4. The molecule has 1 heterocycles. The Kier molecular flexibility index (Phi) is 5.04. The maximum Gasteiger partial charge on any atom is 0.255 e. The molecule has 0 saturated carbocycles. The summed E-state index contributed by atoms with van der Waals surface area (Å²) in [5, 5.41) is 6.65. The average molecular weight is 324 g/mol. The summed E-state index contributed by atoms with van der Waals surface area (Å²) in [5.74, 6) is 0.359. The Morgan fingerprint density at radius 2 is 2.05 bits per heavy atom. The third kappa shape index (κ3) is 3.65. The highest BCUT2D eigenvalue weighted by molar-refractivity contribution is 6.40. The predicted molar refractivity (Wildman–Crippen MR) is 87.6 cm³/mol. The number of carbonyl (C=O) groups is 1. The summed E-state index contributed by atoms with van der Waals surface area (Å²) in [6.45, 7) is 4.54. The molecule has 1 aromatic heterocycles. The van der Waals surface area contributed by atoms with Gasteiger partial charge in [-0.2, -0.15) is 0 Å². The van der Waals surface area contributed by atoms with Crippen LogP contribution >= 0.6 is 23.2 Å². The molecule has 110 valence electrons. The van der Waals surface area contributed by atoms with Crippen LogP contribution in [0.15, 0.2) is 30.5 Å². The van der Waals surface area contributed by atoms with E-state index in [9.17, 15) is 4.79 Å². The van der Waals surface area contributed by atoms with Crippen molar-refractivity contribution in [2.45, 2.75) is 13.8 Å². The van der Waals surface area contributed by atoms with Gasteiger partial charge < -0.3 is 10.6 Å². The van der Waals surface area contributed by atoms with E-state index in [4.69, 9.17) is 23.2 Å². The number of benzene rings is 1. The number of carbonyl (C=O) groups excluding carboxylic acids is 1. The summed E-state index contributed by atoms with van der Waals surface area (Å²) in [4.78, 5) is 16.4. The smallest absolute Gasteiger partial charge is 0.255 e. The molecule has 0 aliphatic carbocycles. The first kappa shape index (κ1) is 15.6. The number of anilines is 2. The van der Waals surface area contributed by atoms with Crippen LogP contribution < -0.4 is 10.6 Å². The summed E-state index contributed by atoms with van der Waals surface area (Å²) < 4.78 is 0. The van der Waals surface area contributed by atoms with Crippen LogP contribution in [0.2, 0.25) is 10.0 Å². The molecular formula is C15H15Cl2N3O. The minimum Gasteiger partial charge on any atom is -0.370 e. The van der Waals surface area contributed by atoms with Gasteiger partial charge in [-0.05, 0) is 37.6 Å². The Balaban J connectivity index is 2.26. The van der Waals surface area contributed by atoms with Crippen molar-refractivity contribution in [2.75, 3.05) is 17.2 Å². The van der Waals surface area contributed by atoms with E-state index in [1.807, 2.05) is 13.8 Å². The van der Waals surface area contributed by atoms with Crippen LogP contribution in [0, 0.1) is 6.92 Å². The van der Waals surface area contributed by atoms with Crippen LogP contribution in [0.3, 0.4) is 0 Å². The van der Waals surface area contributed by atoms with Crippen molar-refractivity contribution in [3.63, 3.8) is 0 Å². The third-order valence-electron chi connectivity index (χ3n) is 2.90. The quantitative estimate of drug-likeness (QED) is 0.877. The molecule has 2 N–H and O–H groups in total. The highest BCUT2D eigenvalue weighted by atomic mass is 35.5. The van der Waals surface area contributed by atoms with Gasteiger partial charge in [-0.1, -0.05) is 29.3 Å². The van der Waals surface area contributed by atoms with Crippen molar-refractivity contribution >= 4 is 40.6 Å². The van der Waals surface area contributed by atoms with E-state index in [-0.39, 0.29) is 5.91 Å². The molecule has 1 amide bonds. The molecule has 0 fully saturated rings. The molecule has 0 atom stereocenters. The summed E-state index contributed by atoms with van der Waals surface area (Å²) in [7, 11) is 0. The summed E-state index contributed by atoms with van der Waals surface area (Å²) in [6, 6.07) is 6.81. The van der Waals surface area contributed by atoms with Gasteiger partial charge in [-0.3, -0.25) is 4.79 Å². The molecule has 0 radical (unpaired) electrons. The van der Waals surface area contributed by atoms with Gasteiger partial charge in [-0.15, -0.1) is 0 Å². The fourth-order valence-corrected chi connectivity index (χ4v) is 2.27. The second kappa shape index (κ2) is 6.78. The number of amides is 1. The monoisotopic (exact) mass is 323 g/mol. The topological polar surface area (TPSA) is 54.0 Å². The van der Waals surface area contributed by atoms with Gasteiger partial charge in [0, 0.05) is 18.3 Å². The second-order valence-electron chi connectivity index (χ2n) is 4.47. The van der Waals surface area contributed by atoms with Gasteiger partial charge in [0.2, 0.25) is 0 Å². The molecule has 0 aliphatic heterocycles. The third-order valence-corrected chi connectivity index (χ3v) is 3.70. The van der Waals surface area contributed by atoms with Gasteiger partial charge in [-0.25, -0.2) is 4.98 Å². The summed E-state index contributed by atoms with van der Waals surface area (Å²) in [5.41, 5.74) is 1.75. The van der Waals surface area contributed by atoms with E-state index in [1.165, 1.54) is 0 Å². The van der Waals surface area contributed by atoms with Crippen molar-refractivity contribution in [1.29, 1.82) is 0 Å².